The highest BCUT2D eigenvalue weighted by molar-refractivity contribution is 6.06. The molecule has 0 spiro atoms. The van der Waals surface area contributed by atoms with Crippen LogP contribution in [-0.4, -0.2) is 37.2 Å². The summed E-state index contributed by atoms with van der Waals surface area (Å²) in [5.41, 5.74) is 4.17. The number of pyridine rings is 2. The summed E-state index contributed by atoms with van der Waals surface area (Å²) in [5, 5.41) is 11.2. The Morgan fingerprint density at radius 2 is 1.94 bits per heavy atom. The second kappa shape index (κ2) is 8.70. The summed E-state index contributed by atoms with van der Waals surface area (Å²) >= 11 is 0. The number of hydrogen-bond acceptors (Lipinski definition) is 6. The molecule has 0 atom stereocenters. The van der Waals surface area contributed by atoms with Crippen molar-refractivity contribution in [2.45, 2.75) is 38.1 Å². The summed E-state index contributed by atoms with van der Waals surface area (Å²) < 4.78 is 8.01. The largest absolute Gasteiger partial charge is 0.493 e. The predicted octanol–water partition coefficient (Wildman–Crippen LogP) is 4.70. The van der Waals surface area contributed by atoms with E-state index in [1.807, 2.05) is 41.1 Å². The number of aromatic nitrogens is 5. The number of ether oxygens (including phenoxy) is 1. The van der Waals surface area contributed by atoms with Crippen molar-refractivity contribution in [2.75, 3.05) is 11.9 Å². The first-order valence-electron chi connectivity index (χ1n) is 11.6. The third-order valence-electron chi connectivity index (χ3n) is 6.23. The number of nitrogens with one attached hydrogen (secondary N) is 1. The number of amides is 1. The molecule has 1 aliphatic carbocycles. The summed E-state index contributed by atoms with van der Waals surface area (Å²) in [6.07, 6.45) is 7.76. The van der Waals surface area contributed by atoms with E-state index in [2.05, 4.69) is 37.6 Å². The van der Waals surface area contributed by atoms with E-state index in [4.69, 9.17) is 4.74 Å². The van der Waals surface area contributed by atoms with E-state index in [0.29, 0.717) is 41.2 Å². The lowest BCUT2D eigenvalue weighted by atomic mass is 10.0. The standard InChI is InChI=1S/C26H24N6O2/c33-26-20-14-18(19-8-10-21(27-15-19)17-6-7-17)9-11-23(20)34-13-2-1-12-32-16-28-31-25(32)22-4-3-5-24(29-22)30-26/h3-5,8-11,14-17H,1-2,6-7,12-13H2,(H,29,30,33). The zero-order chi connectivity index (χ0) is 22.9. The second-order valence-corrected chi connectivity index (χ2v) is 8.72. The summed E-state index contributed by atoms with van der Waals surface area (Å²) in [6.45, 7) is 1.28. The van der Waals surface area contributed by atoms with Crippen molar-refractivity contribution in [3.05, 3.63) is 72.3 Å². The summed E-state index contributed by atoms with van der Waals surface area (Å²) in [6, 6.07) is 15.4. The van der Waals surface area contributed by atoms with Gasteiger partial charge in [0, 0.05) is 29.9 Å². The number of aryl methyl sites for hydroxylation is 1. The molecule has 6 rings (SSSR count). The van der Waals surface area contributed by atoms with Crippen LogP contribution < -0.4 is 10.1 Å². The molecule has 34 heavy (non-hydrogen) atoms. The Bertz CT molecular complexity index is 1340. The van der Waals surface area contributed by atoms with Gasteiger partial charge in [0.05, 0.1) is 12.2 Å². The van der Waals surface area contributed by atoms with Gasteiger partial charge in [-0.3, -0.25) is 9.78 Å². The van der Waals surface area contributed by atoms with E-state index in [-0.39, 0.29) is 5.91 Å². The molecule has 0 saturated heterocycles. The number of carbonyl (C=O) groups excluding carboxylic acids is 1. The first-order valence-corrected chi connectivity index (χ1v) is 11.6. The van der Waals surface area contributed by atoms with Crippen LogP contribution in [0.25, 0.3) is 22.6 Å². The fraction of sp³-hybridized carbons (Fsp3) is 0.269. The van der Waals surface area contributed by atoms with E-state index in [1.165, 1.54) is 12.8 Å². The molecular weight excluding hydrogens is 428 g/mol. The maximum absolute atomic E-state index is 13.3. The molecule has 8 heteroatoms. The van der Waals surface area contributed by atoms with Gasteiger partial charge in [-0.1, -0.05) is 18.2 Å². The predicted molar refractivity (Wildman–Crippen MR) is 128 cm³/mol. The lowest BCUT2D eigenvalue weighted by molar-refractivity contribution is 0.102. The summed E-state index contributed by atoms with van der Waals surface area (Å²) in [5.74, 6) is 2.01. The van der Waals surface area contributed by atoms with Gasteiger partial charge in [-0.25, -0.2) is 4.98 Å². The minimum absolute atomic E-state index is 0.275. The fourth-order valence-electron chi connectivity index (χ4n) is 4.21. The molecule has 1 aromatic carbocycles. The smallest absolute Gasteiger partial charge is 0.260 e. The van der Waals surface area contributed by atoms with Gasteiger partial charge in [-0.05, 0) is 61.6 Å². The van der Waals surface area contributed by atoms with Gasteiger partial charge in [0.2, 0.25) is 0 Å². The van der Waals surface area contributed by atoms with Crippen molar-refractivity contribution in [1.29, 1.82) is 0 Å². The molecule has 1 aliphatic heterocycles. The Morgan fingerprint density at radius 1 is 1.03 bits per heavy atom. The fourth-order valence-corrected chi connectivity index (χ4v) is 4.21. The molecule has 1 saturated carbocycles. The van der Waals surface area contributed by atoms with E-state index in [9.17, 15) is 4.79 Å². The van der Waals surface area contributed by atoms with E-state index in [1.54, 1.807) is 12.4 Å². The molecule has 2 aliphatic rings. The Kier molecular flexibility index (Phi) is 5.25. The van der Waals surface area contributed by atoms with Gasteiger partial charge in [0.25, 0.3) is 5.91 Å². The highest BCUT2D eigenvalue weighted by Crippen LogP contribution is 2.39. The summed E-state index contributed by atoms with van der Waals surface area (Å²) in [4.78, 5) is 22.6. The van der Waals surface area contributed by atoms with Crippen molar-refractivity contribution in [2.24, 2.45) is 0 Å². The van der Waals surface area contributed by atoms with Crippen molar-refractivity contribution >= 4 is 11.7 Å². The number of nitrogens with zero attached hydrogens (tertiary/aromatic N) is 5. The molecule has 1 amide bonds. The van der Waals surface area contributed by atoms with E-state index < -0.39 is 0 Å². The van der Waals surface area contributed by atoms with Gasteiger partial charge >= 0.3 is 0 Å². The lowest BCUT2D eigenvalue weighted by Gasteiger charge is -2.15. The Balaban J connectivity index is 1.35. The maximum Gasteiger partial charge on any atom is 0.260 e. The van der Waals surface area contributed by atoms with Gasteiger partial charge in [0.15, 0.2) is 5.82 Å². The molecule has 1 N–H and O–H groups in total. The lowest BCUT2D eigenvalue weighted by Crippen LogP contribution is -2.16. The molecule has 0 radical (unpaired) electrons. The van der Waals surface area contributed by atoms with Gasteiger partial charge in [-0.2, -0.15) is 0 Å². The zero-order valence-corrected chi connectivity index (χ0v) is 18.6. The van der Waals surface area contributed by atoms with E-state index >= 15 is 0 Å². The Morgan fingerprint density at radius 3 is 2.79 bits per heavy atom. The molecule has 4 heterocycles. The van der Waals surface area contributed by atoms with Crippen molar-refractivity contribution in [1.82, 2.24) is 24.7 Å². The van der Waals surface area contributed by atoms with Crippen LogP contribution in [0, 0.1) is 0 Å². The van der Waals surface area contributed by atoms with Crippen LogP contribution in [0.15, 0.2) is 61.1 Å². The molecule has 1 fully saturated rings. The highest BCUT2D eigenvalue weighted by atomic mass is 16.5. The minimum Gasteiger partial charge on any atom is -0.493 e. The molecule has 4 aromatic rings. The first-order chi connectivity index (χ1) is 16.7. The van der Waals surface area contributed by atoms with Gasteiger partial charge in [0.1, 0.15) is 23.6 Å². The molecule has 2 bridgehead atoms. The first kappa shape index (κ1) is 20.5. The average molecular weight is 453 g/mol. The van der Waals surface area contributed by atoms with Crippen LogP contribution in [0.5, 0.6) is 5.75 Å². The van der Waals surface area contributed by atoms with Crippen LogP contribution in [0.1, 0.15) is 47.7 Å². The third-order valence-corrected chi connectivity index (χ3v) is 6.23. The number of hydrogen-bond donors (Lipinski definition) is 1. The van der Waals surface area contributed by atoms with Crippen LogP contribution in [0.3, 0.4) is 0 Å². The average Bonchev–Trinajstić information content (AvgIpc) is 3.61. The van der Waals surface area contributed by atoms with Crippen LogP contribution in [-0.2, 0) is 6.54 Å². The number of carbonyl (C=O) groups is 1. The SMILES string of the molecule is O=C1Nc2cccc(n2)-c2nncn2CCCCOc2ccc(-c3ccc(C4CC4)nc3)cc21. The molecular formula is C26H24N6O2. The third kappa shape index (κ3) is 4.14. The van der Waals surface area contributed by atoms with Crippen molar-refractivity contribution in [3.8, 4) is 28.4 Å². The van der Waals surface area contributed by atoms with Crippen molar-refractivity contribution < 1.29 is 9.53 Å². The molecule has 8 nitrogen and oxygen atoms in total. The van der Waals surface area contributed by atoms with Crippen molar-refractivity contribution in [3.63, 3.8) is 0 Å². The minimum atomic E-state index is -0.275. The number of anilines is 1. The Hall–Kier alpha value is -4.07. The molecule has 3 aromatic heterocycles. The maximum atomic E-state index is 13.3. The van der Waals surface area contributed by atoms with Crippen LogP contribution >= 0.6 is 0 Å². The van der Waals surface area contributed by atoms with Crippen LogP contribution in [0.4, 0.5) is 5.82 Å². The monoisotopic (exact) mass is 452 g/mol. The zero-order valence-electron chi connectivity index (χ0n) is 18.6. The van der Waals surface area contributed by atoms with Gasteiger partial charge < -0.3 is 14.6 Å². The highest BCUT2D eigenvalue weighted by Gasteiger charge is 2.24. The summed E-state index contributed by atoms with van der Waals surface area (Å²) in [7, 11) is 0. The quantitative estimate of drug-likeness (QED) is 0.474. The number of benzene rings is 1. The second-order valence-electron chi connectivity index (χ2n) is 8.72. The normalized spacial score (nSPS) is 15.9. The van der Waals surface area contributed by atoms with Gasteiger partial charge in [-0.15, -0.1) is 10.2 Å². The molecule has 170 valence electrons. The topological polar surface area (TPSA) is 94.8 Å². The Labute approximate surface area is 197 Å². The number of fused-ring (bicyclic) bond motifs is 5. The van der Waals surface area contributed by atoms with Crippen LogP contribution in [0.2, 0.25) is 0 Å². The van der Waals surface area contributed by atoms with E-state index in [0.717, 1.165) is 36.2 Å². The number of rotatable bonds is 2. The molecule has 0 unspecified atom stereocenters.